The molecule has 12 heavy (non-hydrogen) atoms. The Morgan fingerprint density at radius 3 is 3.08 bits per heavy atom. The van der Waals surface area contributed by atoms with Gasteiger partial charge < -0.3 is 5.11 Å². The number of aromatic nitrogens is 1. The van der Waals surface area contributed by atoms with Gasteiger partial charge in [0, 0.05) is 11.5 Å². The molecule has 1 N–H and O–H groups in total. The molecule has 0 aromatic carbocycles. The zero-order chi connectivity index (χ0) is 8.97. The predicted octanol–water partition coefficient (Wildman–Crippen LogP) is 1.22. The average Bonchev–Trinajstić information content (AvgIpc) is 2.48. The molecule has 0 aliphatic heterocycles. The summed E-state index contributed by atoms with van der Waals surface area (Å²) in [4.78, 5) is 14.0. The van der Waals surface area contributed by atoms with Crippen LogP contribution in [0.25, 0.3) is 6.08 Å². The maximum atomic E-state index is 10.1. The van der Waals surface area contributed by atoms with Crippen molar-refractivity contribution in [2.75, 3.05) is 0 Å². The number of aliphatic carboxylic acids is 1. The van der Waals surface area contributed by atoms with Crippen LogP contribution in [0.3, 0.4) is 0 Å². The summed E-state index contributed by atoms with van der Waals surface area (Å²) in [5.41, 5.74) is 0.579. The Bertz CT molecular complexity index is 359. The maximum absolute atomic E-state index is 10.1. The van der Waals surface area contributed by atoms with Crippen molar-refractivity contribution in [3.63, 3.8) is 0 Å². The SMILES string of the molecule is C#Cc1nc(/C=C/C(=O)O)cs1. The van der Waals surface area contributed by atoms with Gasteiger partial charge in [0.05, 0.1) is 5.69 Å². The number of terminal acetylenes is 1. The third kappa shape index (κ3) is 2.22. The van der Waals surface area contributed by atoms with Crippen LogP contribution in [0.5, 0.6) is 0 Å². The van der Waals surface area contributed by atoms with Gasteiger partial charge in [0.25, 0.3) is 0 Å². The second kappa shape index (κ2) is 3.69. The van der Waals surface area contributed by atoms with Gasteiger partial charge in [0.2, 0.25) is 0 Å². The first-order valence-corrected chi connectivity index (χ1v) is 3.93. The van der Waals surface area contributed by atoms with Crippen LogP contribution in [0.4, 0.5) is 0 Å². The van der Waals surface area contributed by atoms with E-state index in [4.69, 9.17) is 11.5 Å². The largest absolute Gasteiger partial charge is 0.478 e. The second-order valence-corrected chi connectivity index (χ2v) is 2.75. The number of thiazole rings is 1. The van der Waals surface area contributed by atoms with Crippen molar-refractivity contribution in [3.8, 4) is 12.3 Å². The molecule has 0 amide bonds. The Morgan fingerprint density at radius 2 is 2.58 bits per heavy atom. The smallest absolute Gasteiger partial charge is 0.328 e. The molecular formula is C8H5NO2S. The Morgan fingerprint density at radius 1 is 1.83 bits per heavy atom. The molecule has 0 aliphatic rings. The third-order valence-corrected chi connectivity index (χ3v) is 1.83. The molecule has 0 fully saturated rings. The fourth-order valence-corrected chi connectivity index (χ4v) is 1.18. The molecular weight excluding hydrogens is 174 g/mol. The van der Waals surface area contributed by atoms with Gasteiger partial charge in [-0.1, -0.05) is 0 Å². The number of carboxylic acid groups (broad SMARTS) is 1. The molecule has 4 heteroatoms. The van der Waals surface area contributed by atoms with Gasteiger partial charge in [-0.15, -0.1) is 17.8 Å². The first-order valence-electron chi connectivity index (χ1n) is 3.05. The number of carboxylic acids is 1. The first-order chi connectivity index (χ1) is 5.72. The molecule has 1 aromatic rings. The molecule has 1 rings (SSSR count). The van der Waals surface area contributed by atoms with Crippen molar-refractivity contribution in [1.29, 1.82) is 0 Å². The van der Waals surface area contributed by atoms with Crippen LogP contribution in [-0.4, -0.2) is 16.1 Å². The Kier molecular flexibility index (Phi) is 2.62. The second-order valence-electron chi connectivity index (χ2n) is 1.89. The van der Waals surface area contributed by atoms with Crippen LogP contribution in [0, 0.1) is 12.3 Å². The first kappa shape index (κ1) is 8.50. The summed E-state index contributed by atoms with van der Waals surface area (Å²) in [5.74, 6) is 1.37. The molecule has 1 heterocycles. The van der Waals surface area contributed by atoms with Crippen molar-refractivity contribution < 1.29 is 9.90 Å². The van der Waals surface area contributed by atoms with Gasteiger partial charge in [-0.05, 0) is 12.0 Å². The molecule has 3 nitrogen and oxygen atoms in total. The average molecular weight is 179 g/mol. The van der Waals surface area contributed by atoms with E-state index in [1.54, 1.807) is 5.38 Å². The summed E-state index contributed by atoms with van der Waals surface area (Å²) in [7, 11) is 0. The lowest BCUT2D eigenvalue weighted by Crippen LogP contribution is -1.85. The van der Waals surface area contributed by atoms with Crippen molar-refractivity contribution in [1.82, 2.24) is 4.98 Å². The van der Waals surface area contributed by atoms with Crippen molar-refractivity contribution >= 4 is 23.4 Å². The highest BCUT2D eigenvalue weighted by atomic mass is 32.1. The van der Waals surface area contributed by atoms with Gasteiger partial charge in [-0.2, -0.15) is 0 Å². The van der Waals surface area contributed by atoms with E-state index in [-0.39, 0.29) is 0 Å². The van der Waals surface area contributed by atoms with Crippen molar-refractivity contribution in [2.45, 2.75) is 0 Å². The lowest BCUT2D eigenvalue weighted by Gasteiger charge is -1.79. The summed E-state index contributed by atoms with van der Waals surface area (Å²) < 4.78 is 0. The molecule has 0 saturated heterocycles. The molecule has 0 spiro atoms. The van der Waals surface area contributed by atoms with E-state index in [1.165, 1.54) is 17.4 Å². The van der Waals surface area contributed by atoms with E-state index in [1.807, 2.05) is 0 Å². The van der Waals surface area contributed by atoms with Crippen molar-refractivity contribution in [3.05, 3.63) is 22.2 Å². The number of carbonyl (C=O) groups is 1. The predicted molar refractivity (Wildman–Crippen MR) is 46.7 cm³/mol. The van der Waals surface area contributed by atoms with E-state index >= 15 is 0 Å². The lowest BCUT2D eigenvalue weighted by molar-refractivity contribution is -0.131. The minimum Gasteiger partial charge on any atom is -0.478 e. The van der Waals surface area contributed by atoms with Crippen LogP contribution in [0.2, 0.25) is 0 Å². The standard InChI is InChI=1S/C8H5NO2S/c1-2-7-9-6(5-12-7)3-4-8(10)11/h1,3-5H,(H,10,11)/b4-3+. The summed E-state index contributed by atoms with van der Waals surface area (Å²) in [6.07, 6.45) is 7.50. The Labute approximate surface area is 73.4 Å². The van der Waals surface area contributed by atoms with Gasteiger partial charge in [0.15, 0.2) is 5.01 Å². The van der Waals surface area contributed by atoms with Crippen molar-refractivity contribution in [2.24, 2.45) is 0 Å². The van der Waals surface area contributed by atoms with E-state index in [0.717, 1.165) is 6.08 Å². The van der Waals surface area contributed by atoms with Gasteiger partial charge >= 0.3 is 5.97 Å². The summed E-state index contributed by atoms with van der Waals surface area (Å²) in [6.45, 7) is 0. The lowest BCUT2D eigenvalue weighted by atomic mass is 10.4. The van der Waals surface area contributed by atoms with E-state index in [2.05, 4.69) is 10.9 Å². The van der Waals surface area contributed by atoms with Crippen LogP contribution < -0.4 is 0 Å². The molecule has 0 aliphatic carbocycles. The van der Waals surface area contributed by atoms with Gasteiger partial charge in [-0.25, -0.2) is 9.78 Å². The molecule has 1 aromatic heterocycles. The topological polar surface area (TPSA) is 50.2 Å². The maximum Gasteiger partial charge on any atom is 0.328 e. The fourth-order valence-electron chi connectivity index (χ4n) is 0.586. The zero-order valence-corrected chi connectivity index (χ0v) is 6.84. The number of hydrogen-bond donors (Lipinski definition) is 1. The van der Waals surface area contributed by atoms with Gasteiger partial charge in [-0.3, -0.25) is 0 Å². The summed E-state index contributed by atoms with van der Waals surface area (Å²) in [6, 6.07) is 0. The zero-order valence-electron chi connectivity index (χ0n) is 6.02. The minimum absolute atomic E-state index is 0.556. The quantitative estimate of drug-likeness (QED) is 0.548. The normalized spacial score (nSPS) is 9.92. The van der Waals surface area contributed by atoms with Gasteiger partial charge in [0.1, 0.15) is 0 Å². The Hall–Kier alpha value is -1.60. The number of rotatable bonds is 2. The molecule has 0 bridgehead atoms. The highest BCUT2D eigenvalue weighted by Crippen LogP contribution is 2.09. The van der Waals surface area contributed by atoms with E-state index < -0.39 is 5.97 Å². The molecule has 0 radical (unpaired) electrons. The molecule has 0 unspecified atom stereocenters. The van der Waals surface area contributed by atoms with Crippen LogP contribution in [0.1, 0.15) is 10.7 Å². The Balaban J connectivity index is 2.78. The molecule has 60 valence electrons. The monoisotopic (exact) mass is 179 g/mol. The van der Waals surface area contributed by atoms with E-state index in [0.29, 0.717) is 10.7 Å². The fraction of sp³-hybridized carbons (Fsp3) is 0. The summed E-state index contributed by atoms with van der Waals surface area (Å²) >= 11 is 1.31. The van der Waals surface area contributed by atoms with Crippen LogP contribution in [0.15, 0.2) is 11.5 Å². The minimum atomic E-state index is -0.995. The number of nitrogens with zero attached hydrogens (tertiary/aromatic N) is 1. The summed E-state index contributed by atoms with van der Waals surface area (Å²) in [5, 5.41) is 10.5. The van der Waals surface area contributed by atoms with Crippen LogP contribution >= 0.6 is 11.3 Å². The molecule has 0 atom stereocenters. The highest BCUT2D eigenvalue weighted by Gasteiger charge is 1.95. The molecule has 0 saturated carbocycles. The third-order valence-electron chi connectivity index (χ3n) is 1.04. The van der Waals surface area contributed by atoms with Crippen LogP contribution in [-0.2, 0) is 4.79 Å². The number of hydrogen-bond acceptors (Lipinski definition) is 3. The van der Waals surface area contributed by atoms with E-state index in [9.17, 15) is 4.79 Å². The highest BCUT2D eigenvalue weighted by molar-refractivity contribution is 7.10.